The van der Waals surface area contributed by atoms with Gasteiger partial charge >= 0.3 is 6.03 Å². The number of nitrogens with one attached hydrogen (secondary N) is 2. The van der Waals surface area contributed by atoms with Crippen LogP contribution in [0.5, 0.6) is 5.75 Å². The highest BCUT2D eigenvalue weighted by Gasteiger charge is 2.43. The molecule has 0 bridgehead atoms. The molecule has 32 heavy (non-hydrogen) atoms. The zero-order valence-corrected chi connectivity index (χ0v) is 17.3. The van der Waals surface area contributed by atoms with Crippen LogP contribution in [-0.4, -0.2) is 67.1 Å². The number of urea groups is 1. The van der Waals surface area contributed by atoms with Gasteiger partial charge in [0, 0.05) is 49.6 Å². The average Bonchev–Trinajstić information content (AvgIpc) is 3.21. The van der Waals surface area contributed by atoms with Crippen molar-refractivity contribution in [1.29, 1.82) is 0 Å². The molecule has 11 heteroatoms. The minimum absolute atomic E-state index is 0.0107. The summed E-state index contributed by atoms with van der Waals surface area (Å²) < 4.78 is 32.4. The van der Waals surface area contributed by atoms with Gasteiger partial charge in [0.2, 0.25) is 0 Å². The zero-order valence-electron chi connectivity index (χ0n) is 17.3. The number of nitrogens with two attached hydrogens (primary N) is 1. The van der Waals surface area contributed by atoms with Gasteiger partial charge in [0.15, 0.2) is 6.17 Å². The first kappa shape index (κ1) is 22.9. The predicted octanol–water partition coefficient (Wildman–Crippen LogP) is 1.36. The first-order chi connectivity index (χ1) is 15.3. The van der Waals surface area contributed by atoms with Crippen molar-refractivity contribution >= 4 is 23.5 Å². The number of hydrogen-bond donors (Lipinski definition) is 3. The molecule has 1 fully saturated rings. The number of methoxy groups -OCH3 is 1. The molecule has 0 aliphatic carbocycles. The van der Waals surface area contributed by atoms with Crippen LogP contribution in [0.1, 0.15) is 10.4 Å². The Bertz CT molecular complexity index is 999. The Kier molecular flexibility index (Phi) is 7.21. The molecule has 2 aromatic rings. The Balaban J connectivity index is 1.86. The van der Waals surface area contributed by atoms with E-state index in [9.17, 15) is 23.2 Å². The molecule has 4 N–H and O–H groups in total. The molecule has 0 spiro atoms. The fourth-order valence-corrected chi connectivity index (χ4v) is 3.36. The lowest BCUT2D eigenvalue weighted by Gasteiger charge is -2.29. The van der Waals surface area contributed by atoms with E-state index in [1.165, 1.54) is 12.0 Å². The quantitative estimate of drug-likeness (QED) is 0.618. The molecule has 1 unspecified atom stereocenters. The number of amides is 4. The Morgan fingerprint density at radius 2 is 1.78 bits per heavy atom. The molecule has 0 aromatic heterocycles. The van der Waals surface area contributed by atoms with Gasteiger partial charge in [-0.25, -0.2) is 13.6 Å². The van der Waals surface area contributed by atoms with Gasteiger partial charge in [0.05, 0.1) is 7.11 Å². The van der Waals surface area contributed by atoms with Crippen LogP contribution >= 0.6 is 0 Å². The van der Waals surface area contributed by atoms with Gasteiger partial charge < -0.3 is 26.0 Å². The fraction of sp³-hybridized carbons (Fsp3) is 0.286. The van der Waals surface area contributed by atoms with Gasteiger partial charge in [-0.15, -0.1) is 0 Å². The number of nitrogens with zero attached hydrogens (tertiary/aromatic N) is 2. The summed E-state index contributed by atoms with van der Waals surface area (Å²) in [4.78, 5) is 40.9. The zero-order chi connectivity index (χ0) is 23.3. The van der Waals surface area contributed by atoms with Crippen LogP contribution in [0.4, 0.5) is 19.3 Å². The molecule has 1 heterocycles. The van der Waals surface area contributed by atoms with Crippen molar-refractivity contribution in [3.8, 4) is 5.75 Å². The van der Waals surface area contributed by atoms with E-state index in [0.29, 0.717) is 17.5 Å². The average molecular weight is 447 g/mol. The summed E-state index contributed by atoms with van der Waals surface area (Å²) in [5.74, 6) is -2.76. The minimum Gasteiger partial charge on any atom is -0.497 e. The topological polar surface area (TPSA) is 117 Å². The van der Waals surface area contributed by atoms with Crippen molar-refractivity contribution in [2.24, 2.45) is 5.73 Å². The standard InChI is InChI=1S/C21H23F2N5O4/c1-32-17-4-2-3-16(12-17)26-21(31)28-8-7-27(19(28)18(29)25-6-5-24)20(30)13-9-14(22)11-15(23)10-13/h2-4,9-12,19H,5-8,24H2,1H3,(H,25,29)(H,26,31). The van der Waals surface area contributed by atoms with E-state index in [0.717, 1.165) is 17.0 Å². The van der Waals surface area contributed by atoms with Crippen molar-refractivity contribution in [2.75, 3.05) is 38.6 Å². The van der Waals surface area contributed by atoms with Crippen molar-refractivity contribution in [2.45, 2.75) is 6.17 Å². The van der Waals surface area contributed by atoms with Crippen LogP contribution in [-0.2, 0) is 4.79 Å². The van der Waals surface area contributed by atoms with E-state index >= 15 is 0 Å². The maximum atomic E-state index is 13.6. The third-order valence-corrected chi connectivity index (χ3v) is 4.80. The van der Waals surface area contributed by atoms with Crippen LogP contribution in [0.3, 0.4) is 0 Å². The molecule has 4 amide bonds. The van der Waals surface area contributed by atoms with Gasteiger partial charge in [-0.1, -0.05) is 6.07 Å². The maximum Gasteiger partial charge on any atom is 0.323 e. The molecule has 3 rings (SSSR count). The molecule has 0 radical (unpaired) electrons. The highest BCUT2D eigenvalue weighted by molar-refractivity contribution is 6.00. The third kappa shape index (κ3) is 5.11. The van der Waals surface area contributed by atoms with Crippen LogP contribution in [0.15, 0.2) is 42.5 Å². The largest absolute Gasteiger partial charge is 0.497 e. The summed E-state index contributed by atoms with van der Waals surface area (Å²) in [6.45, 7) is 0.290. The molecule has 9 nitrogen and oxygen atoms in total. The minimum atomic E-state index is -1.33. The highest BCUT2D eigenvalue weighted by Crippen LogP contribution is 2.22. The van der Waals surface area contributed by atoms with Crippen molar-refractivity contribution in [3.05, 3.63) is 59.7 Å². The van der Waals surface area contributed by atoms with Gasteiger partial charge in [-0.3, -0.25) is 14.5 Å². The van der Waals surface area contributed by atoms with E-state index in [4.69, 9.17) is 10.5 Å². The van der Waals surface area contributed by atoms with E-state index in [1.54, 1.807) is 24.3 Å². The van der Waals surface area contributed by atoms with Crippen LogP contribution in [0.2, 0.25) is 0 Å². The lowest BCUT2D eigenvalue weighted by molar-refractivity contribution is -0.127. The summed E-state index contributed by atoms with van der Waals surface area (Å²) in [7, 11) is 1.48. The fourth-order valence-electron chi connectivity index (χ4n) is 3.36. The normalized spacial score (nSPS) is 15.4. The van der Waals surface area contributed by atoms with Crippen LogP contribution in [0, 0.1) is 11.6 Å². The Morgan fingerprint density at radius 3 is 2.44 bits per heavy atom. The van der Waals surface area contributed by atoms with Crippen LogP contribution in [0.25, 0.3) is 0 Å². The number of halogens is 2. The molecular weight excluding hydrogens is 424 g/mol. The molecule has 1 atom stereocenters. The van der Waals surface area contributed by atoms with E-state index in [1.807, 2.05) is 0 Å². The second-order valence-corrected chi connectivity index (χ2v) is 6.97. The molecular formula is C21H23F2N5O4. The second kappa shape index (κ2) is 10.1. The molecule has 1 aliphatic rings. The summed E-state index contributed by atoms with van der Waals surface area (Å²) in [5, 5.41) is 5.21. The number of ether oxygens (including phenoxy) is 1. The van der Waals surface area contributed by atoms with Gasteiger partial charge in [-0.2, -0.15) is 0 Å². The smallest absolute Gasteiger partial charge is 0.323 e. The molecule has 0 saturated carbocycles. The Morgan fingerprint density at radius 1 is 1.09 bits per heavy atom. The molecule has 1 aliphatic heterocycles. The third-order valence-electron chi connectivity index (χ3n) is 4.80. The highest BCUT2D eigenvalue weighted by atomic mass is 19.1. The van der Waals surface area contributed by atoms with E-state index in [2.05, 4.69) is 10.6 Å². The van der Waals surface area contributed by atoms with Crippen LogP contribution < -0.4 is 21.1 Å². The number of carbonyl (C=O) groups is 3. The summed E-state index contributed by atoms with van der Waals surface area (Å²) in [5.41, 5.74) is 5.59. The van der Waals surface area contributed by atoms with Crippen molar-refractivity contribution in [1.82, 2.24) is 15.1 Å². The SMILES string of the molecule is COc1cccc(NC(=O)N2CCN(C(=O)c3cc(F)cc(F)c3)C2C(=O)NCCN)c1. The number of hydrogen-bond acceptors (Lipinski definition) is 5. The Hall–Kier alpha value is -3.73. The van der Waals surface area contributed by atoms with Gasteiger partial charge in [0.25, 0.3) is 11.8 Å². The number of rotatable bonds is 6. The monoisotopic (exact) mass is 447 g/mol. The summed E-state index contributed by atoms with van der Waals surface area (Å²) in [6.07, 6.45) is -1.33. The molecule has 2 aromatic carbocycles. The van der Waals surface area contributed by atoms with E-state index < -0.39 is 35.6 Å². The summed E-state index contributed by atoms with van der Waals surface area (Å²) >= 11 is 0. The lowest BCUT2D eigenvalue weighted by Crippen LogP contribution is -2.55. The van der Waals surface area contributed by atoms with Crippen molar-refractivity contribution < 1.29 is 27.9 Å². The maximum absolute atomic E-state index is 13.6. The second-order valence-electron chi connectivity index (χ2n) is 6.97. The number of carbonyl (C=O) groups excluding carboxylic acids is 3. The number of benzene rings is 2. The number of anilines is 1. The lowest BCUT2D eigenvalue weighted by atomic mass is 10.2. The summed E-state index contributed by atoms with van der Waals surface area (Å²) in [6, 6.07) is 8.37. The van der Waals surface area contributed by atoms with Crippen molar-refractivity contribution in [3.63, 3.8) is 0 Å². The Labute approximate surface area is 183 Å². The van der Waals surface area contributed by atoms with E-state index in [-0.39, 0.29) is 31.7 Å². The van der Waals surface area contributed by atoms with Gasteiger partial charge in [0.1, 0.15) is 17.4 Å². The van der Waals surface area contributed by atoms with Gasteiger partial charge in [-0.05, 0) is 24.3 Å². The predicted molar refractivity (Wildman–Crippen MR) is 112 cm³/mol. The first-order valence-corrected chi connectivity index (χ1v) is 9.80. The molecule has 1 saturated heterocycles. The first-order valence-electron chi connectivity index (χ1n) is 9.80. The molecule has 170 valence electrons.